The van der Waals surface area contributed by atoms with Gasteiger partial charge in [0.1, 0.15) is 11.5 Å². The van der Waals surface area contributed by atoms with Crippen LogP contribution in [0.15, 0.2) is 93.3 Å². The lowest BCUT2D eigenvalue weighted by Crippen LogP contribution is -2.34. The van der Waals surface area contributed by atoms with E-state index in [1.165, 1.54) is 0 Å². The van der Waals surface area contributed by atoms with E-state index in [1.54, 1.807) is 0 Å². The van der Waals surface area contributed by atoms with Gasteiger partial charge in [0.2, 0.25) is 0 Å². The van der Waals surface area contributed by atoms with Crippen LogP contribution in [0.1, 0.15) is 71.4 Å². The number of aliphatic imine (C=N–C) groups is 2. The molecule has 0 aromatic heterocycles. The maximum Gasteiger partial charge on any atom is 0.168 e. The highest BCUT2D eigenvalue weighted by molar-refractivity contribution is 6.25. The van der Waals surface area contributed by atoms with Gasteiger partial charge in [-0.05, 0) is 41.7 Å². The molecule has 0 heterocycles. The second-order valence-corrected chi connectivity index (χ2v) is 13.1. The average molecular weight is 555 g/mol. The number of allylic oxidation sites excluding steroid dienone is 4. The van der Waals surface area contributed by atoms with Crippen molar-refractivity contribution in [2.24, 2.45) is 20.8 Å². The van der Waals surface area contributed by atoms with Gasteiger partial charge in [0.05, 0.1) is 23.7 Å². The molecule has 0 bridgehead atoms. The van der Waals surface area contributed by atoms with Gasteiger partial charge >= 0.3 is 0 Å². The SMILES string of the molecule is CC(CN=C1CC(C)(C)CC(=O)/C1=C(/O)Cc1ccccc1)N=C1CC(C)(C)CC(=O)/C1=C(/O)Cc1ccccc1. The van der Waals surface area contributed by atoms with Crippen molar-refractivity contribution in [3.8, 4) is 0 Å². The first-order chi connectivity index (χ1) is 19.3. The third kappa shape index (κ3) is 7.90. The van der Waals surface area contributed by atoms with E-state index in [9.17, 15) is 19.8 Å². The van der Waals surface area contributed by atoms with Gasteiger partial charge in [0, 0.05) is 37.1 Å². The molecule has 4 rings (SSSR count). The number of hydrogen-bond donors (Lipinski definition) is 2. The Bertz CT molecular complexity index is 1410. The summed E-state index contributed by atoms with van der Waals surface area (Å²) in [5, 5.41) is 22.1. The molecule has 0 spiro atoms. The van der Waals surface area contributed by atoms with Crippen LogP contribution in [0.25, 0.3) is 0 Å². The molecule has 216 valence electrons. The maximum absolute atomic E-state index is 13.2. The van der Waals surface area contributed by atoms with E-state index in [1.807, 2.05) is 95.3 Å². The molecule has 2 aliphatic rings. The topological polar surface area (TPSA) is 99.3 Å². The van der Waals surface area contributed by atoms with E-state index in [0.29, 0.717) is 54.8 Å². The monoisotopic (exact) mass is 554 g/mol. The zero-order valence-electron chi connectivity index (χ0n) is 24.9. The number of nitrogens with zero attached hydrogens (tertiary/aromatic N) is 2. The van der Waals surface area contributed by atoms with Crippen molar-refractivity contribution in [2.75, 3.05) is 6.54 Å². The summed E-state index contributed by atoms with van der Waals surface area (Å²) < 4.78 is 0. The van der Waals surface area contributed by atoms with Gasteiger partial charge < -0.3 is 10.2 Å². The van der Waals surface area contributed by atoms with Gasteiger partial charge in [0.15, 0.2) is 11.6 Å². The standard InChI is InChI=1S/C35H42N2O4/c1-23(37-27-19-35(4,5)21-31(41)33(27)29(39)17-25-14-10-7-11-15-25)22-36-26-18-34(2,3)20-30(40)32(26)28(38)16-24-12-8-6-9-13-24/h6-15,23,38-39H,16-22H2,1-5H3/b32-28+,33-29+,36-26?,37-27?. The van der Waals surface area contributed by atoms with E-state index >= 15 is 0 Å². The Labute approximate surface area is 243 Å². The first-order valence-electron chi connectivity index (χ1n) is 14.4. The summed E-state index contributed by atoms with van der Waals surface area (Å²) in [5.41, 5.74) is 3.18. The van der Waals surface area contributed by atoms with Gasteiger partial charge in [-0.3, -0.25) is 19.6 Å². The van der Waals surface area contributed by atoms with E-state index in [0.717, 1.165) is 11.1 Å². The summed E-state index contributed by atoms with van der Waals surface area (Å²) in [6.07, 6.45) is 2.38. The molecule has 1 atom stereocenters. The van der Waals surface area contributed by atoms with Crippen LogP contribution in [0, 0.1) is 10.8 Å². The van der Waals surface area contributed by atoms with E-state index in [2.05, 4.69) is 0 Å². The highest BCUT2D eigenvalue weighted by Crippen LogP contribution is 2.37. The highest BCUT2D eigenvalue weighted by atomic mass is 16.3. The van der Waals surface area contributed by atoms with Crippen LogP contribution in [-0.2, 0) is 22.4 Å². The van der Waals surface area contributed by atoms with Crippen LogP contribution in [0.4, 0.5) is 0 Å². The Hall–Kier alpha value is -3.80. The molecule has 6 heteroatoms. The van der Waals surface area contributed by atoms with Gasteiger partial charge in [-0.1, -0.05) is 88.4 Å². The fourth-order valence-electron chi connectivity index (χ4n) is 5.78. The van der Waals surface area contributed by atoms with Crippen LogP contribution in [0.3, 0.4) is 0 Å². The molecule has 2 aromatic rings. The third-order valence-corrected chi connectivity index (χ3v) is 7.63. The molecular formula is C35H42N2O4. The molecule has 0 saturated heterocycles. The van der Waals surface area contributed by atoms with Crippen molar-refractivity contribution in [2.45, 2.75) is 79.2 Å². The van der Waals surface area contributed by atoms with Crippen molar-refractivity contribution in [1.29, 1.82) is 0 Å². The van der Waals surface area contributed by atoms with Gasteiger partial charge in [-0.2, -0.15) is 0 Å². The van der Waals surface area contributed by atoms with Gasteiger partial charge in [-0.15, -0.1) is 0 Å². The normalized spacial score (nSPS) is 23.9. The third-order valence-electron chi connectivity index (χ3n) is 7.63. The minimum atomic E-state index is -0.295. The van der Waals surface area contributed by atoms with Crippen LogP contribution < -0.4 is 0 Å². The summed E-state index contributed by atoms with van der Waals surface area (Å²) in [4.78, 5) is 36.2. The van der Waals surface area contributed by atoms with E-state index in [4.69, 9.17) is 9.98 Å². The second kappa shape index (κ2) is 12.4. The molecule has 0 radical (unpaired) electrons. The zero-order valence-corrected chi connectivity index (χ0v) is 24.9. The average Bonchev–Trinajstić information content (AvgIpc) is 2.86. The van der Waals surface area contributed by atoms with Gasteiger partial charge in [0.25, 0.3) is 0 Å². The number of hydrogen-bond acceptors (Lipinski definition) is 6. The Kier molecular flexibility index (Phi) is 9.11. The van der Waals surface area contributed by atoms with Crippen LogP contribution in [0.5, 0.6) is 0 Å². The predicted octanol–water partition coefficient (Wildman–Crippen LogP) is 7.14. The Balaban J connectivity index is 1.63. The number of benzene rings is 2. The number of ketones is 2. The Morgan fingerprint density at radius 3 is 1.59 bits per heavy atom. The molecule has 2 aromatic carbocycles. The molecule has 2 saturated carbocycles. The van der Waals surface area contributed by atoms with Crippen molar-refractivity contribution in [1.82, 2.24) is 0 Å². The fraction of sp³-hybridized carbons (Fsp3) is 0.429. The van der Waals surface area contributed by atoms with Crippen LogP contribution in [0.2, 0.25) is 0 Å². The first-order valence-corrected chi connectivity index (χ1v) is 14.4. The molecule has 1 unspecified atom stereocenters. The number of carbonyl (C=O) groups excluding carboxylic acids is 2. The van der Waals surface area contributed by atoms with E-state index in [-0.39, 0.29) is 52.8 Å². The highest BCUT2D eigenvalue weighted by Gasteiger charge is 2.37. The fourth-order valence-corrected chi connectivity index (χ4v) is 5.78. The number of carbonyl (C=O) groups is 2. The van der Waals surface area contributed by atoms with Gasteiger partial charge in [-0.25, -0.2) is 0 Å². The maximum atomic E-state index is 13.2. The Morgan fingerprint density at radius 2 is 1.12 bits per heavy atom. The summed E-state index contributed by atoms with van der Waals surface area (Å²) in [7, 11) is 0. The quantitative estimate of drug-likeness (QED) is 0.281. The smallest absolute Gasteiger partial charge is 0.168 e. The number of Topliss-reactive ketones (excluding diaryl/α,β-unsaturated/α-hetero) is 2. The molecule has 0 amide bonds. The number of rotatable bonds is 7. The lowest BCUT2D eigenvalue weighted by molar-refractivity contribution is -0.118. The molecule has 2 fully saturated rings. The summed E-state index contributed by atoms with van der Waals surface area (Å²) in [6.45, 7) is 10.4. The summed E-state index contributed by atoms with van der Waals surface area (Å²) >= 11 is 0. The van der Waals surface area contributed by atoms with Crippen molar-refractivity contribution < 1.29 is 19.8 Å². The zero-order chi connectivity index (χ0) is 29.8. The molecular weight excluding hydrogens is 512 g/mol. The molecule has 6 nitrogen and oxygen atoms in total. The van der Waals surface area contributed by atoms with Crippen LogP contribution in [-0.4, -0.2) is 45.8 Å². The molecule has 41 heavy (non-hydrogen) atoms. The van der Waals surface area contributed by atoms with Crippen molar-refractivity contribution in [3.05, 3.63) is 94.5 Å². The summed E-state index contributed by atoms with van der Waals surface area (Å²) in [5.74, 6) is -0.0968. The molecule has 0 aliphatic heterocycles. The number of aliphatic hydroxyl groups is 2. The summed E-state index contributed by atoms with van der Waals surface area (Å²) in [6, 6.07) is 18.9. The lowest BCUT2D eigenvalue weighted by Gasteiger charge is -2.32. The minimum Gasteiger partial charge on any atom is -0.511 e. The largest absolute Gasteiger partial charge is 0.511 e. The first kappa shape index (κ1) is 30.2. The Morgan fingerprint density at radius 1 is 0.707 bits per heavy atom. The second-order valence-electron chi connectivity index (χ2n) is 13.1. The van der Waals surface area contributed by atoms with E-state index < -0.39 is 0 Å². The van der Waals surface area contributed by atoms with Crippen molar-refractivity contribution in [3.63, 3.8) is 0 Å². The molecule has 2 N–H and O–H groups in total. The number of aliphatic hydroxyl groups excluding tert-OH is 2. The molecule has 2 aliphatic carbocycles. The van der Waals surface area contributed by atoms with Crippen LogP contribution >= 0.6 is 0 Å². The van der Waals surface area contributed by atoms with Crippen molar-refractivity contribution >= 4 is 23.0 Å². The predicted molar refractivity (Wildman–Crippen MR) is 165 cm³/mol. The minimum absolute atomic E-state index is 0.0460. The lowest BCUT2D eigenvalue weighted by atomic mass is 9.73.